The first-order chi connectivity index (χ1) is 15.0. The number of nitrogens with zero attached hydrogens (tertiary/aromatic N) is 2. The van der Waals surface area contributed by atoms with Crippen molar-refractivity contribution in [2.45, 2.75) is 12.8 Å². The number of piperazine rings is 1. The van der Waals surface area contributed by atoms with Crippen molar-refractivity contribution in [2.75, 3.05) is 29.9 Å². The predicted octanol–water partition coefficient (Wildman–Crippen LogP) is 3.64. The average molecular weight is 443 g/mol. The minimum absolute atomic E-state index is 0.0515. The third-order valence-electron chi connectivity index (χ3n) is 4.87. The lowest BCUT2D eigenvalue weighted by Crippen LogP contribution is -2.47. The van der Waals surface area contributed by atoms with Crippen LogP contribution in [-0.4, -0.2) is 36.4 Å². The van der Waals surface area contributed by atoms with E-state index in [1.54, 1.807) is 36.4 Å². The van der Waals surface area contributed by atoms with E-state index >= 15 is 0 Å². The Hall–Kier alpha value is -3.39. The van der Waals surface area contributed by atoms with Crippen molar-refractivity contribution in [3.05, 3.63) is 65.4 Å². The molecule has 1 fully saturated rings. The van der Waals surface area contributed by atoms with Crippen molar-refractivity contribution >= 4 is 34.8 Å². The molecule has 2 amide bonds. The second kappa shape index (κ2) is 9.18. The largest absolute Gasteiger partial charge is 0.441 e. The van der Waals surface area contributed by atoms with Crippen LogP contribution in [0.4, 0.5) is 15.8 Å². The maximum absolute atomic E-state index is 13.9. The molecule has 0 radical (unpaired) electrons. The molecule has 4 rings (SSSR count). The maximum Gasteiger partial charge on any atom is 0.239 e. The van der Waals surface area contributed by atoms with E-state index < -0.39 is 5.82 Å². The van der Waals surface area contributed by atoms with Crippen LogP contribution in [0.2, 0.25) is 5.02 Å². The Bertz CT molecular complexity index is 1120. The van der Waals surface area contributed by atoms with Crippen molar-refractivity contribution in [1.29, 1.82) is 0 Å². The van der Waals surface area contributed by atoms with E-state index in [4.69, 9.17) is 16.0 Å². The number of rotatable bonds is 6. The lowest BCUT2D eigenvalue weighted by atomic mass is 10.2. The van der Waals surface area contributed by atoms with Gasteiger partial charge in [-0.05, 0) is 30.3 Å². The number of hydrogen-bond acceptors (Lipinski definition) is 5. The van der Waals surface area contributed by atoms with Crippen LogP contribution < -0.4 is 15.5 Å². The van der Waals surface area contributed by atoms with E-state index in [0.717, 1.165) is 5.69 Å². The number of hydrogen-bond donors (Lipinski definition) is 2. The molecule has 31 heavy (non-hydrogen) atoms. The Labute approximate surface area is 183 Å². The van der Waals surface area contributed by atoms with Crippen molar-refractivity contribution < 1.29 is 18.4 Å². The van der Waals surface area contributed by atoms with E-state index in [0.29, 0.717) is 41.0 Å². The standard InChI is InChI=1S/C22H20ClFN4O3/c23-16-11-14(5-6-18(16)28-10-9-25-21(30)13-28)27-20(29)7-8-22-26-12-19(31-22)15-3-1-2-4-17(15)24/h1-6,11-12H,7-10,13H2,(H,25,30)(H,27,29). The van der Waals surface area contributed by atoms with E-state index in [2.05, 4.69) is 15.6 Å². The number of carbonyl (C=O) groups excluding carboxylic acids is 2. The predicted molar refractivity (Wildman–Crippen MR) is 116 cm³/mol. The van der Waals surface area contributed by atoms with Gasteiger partial charge in [-0.1, -0.05) is 23.7 Å². The molecule has 160 valence electrons. The Morgan fingerprint density at radius 2 is 2.13 bits per heavy atom. The highest BCUT2D eigenvalue weighted by atomic mass is 35.5. The fraction of sp³-hybridized carbons (Fsp3) is 0.227. The molecule has 3 aromatic rings. The molecule has 2 N–H and O–H groups in total. The molecule has 0 unspecified atom stereocenters. The van der Waals surface area contributed by atoms with Crippen molar-refractivity contribution in [3.8, 4) is 11.3 Å². The highest BCUT2D eigenvalue weighted by Crippen LogP contribution is 2.29. The Morgan fingerprint density at radius 3 is 2.90 bits per heavy atom. The first-order valence-corrected chi connectivity index (χ1v) is 10.2. The first-order valence-electron chi connectivity index (χ1n) is 9.80. The van der Waals surface area contributed by atoms with Crippen molar-refractivity contribution in [3.63, 3.8) is 0 Å². The Balaban J connectivity index is 1.34. The molecule has 1 saturated heterocycles. The number of halogens is 2. The van der Waals surface area contributed by atoms with Crippen LogP contribution in [0.25, 0.3) is 11.3 Å². The zero-order valence-electron chi connectivity index (χ0n) is 16.5. The first kappa shape index (κ1) is 20.9. The van der Waals surface area contributed by atoms with Gasteiger partial charge in [0.15, 0.2) is 11.7 Å². The summed E-state index contributed by atoms with van der Waals surface area (Å²) in [5.74, 6) is -0.00270. The third-order valence-corrected chi connectivity index (χ3v) is 5.17. The number of oxazole rings is 1. The molecule has 9 heteroatoms. The van der Waals surface area contributed by atoms with Gasteiger partial charge >= 0.3 is 0 Å². The van der Waals surface area contributed by atoms with Crippen LogP contribution in [0.3, 0.4) is 0 Å². The van der Waals surface area contributed by atoms with Crippen LogP contribution in [-0.2, 0) is 16.0 Å². The zero-order chi connectivity index (χ0) is 21.8. The van der Waals surface area contributed by atoms with Crippen LogP contribution >= 0.6 is 11.6 Å². The number of carbonyl (C=O) groups is 2. The molecule has 2 aromatic carbocycles. The molecule has 0 saturated carbocycles. The zero-order valence-corrected chi connectivity index (χ0v) is 17.3. The number of aryl methyl sites for hydroxylation is 1. The number of amides is 2. The maximum atomic E-state index is 13.9. The molecule has 1 aliphatic heterocycles. The summed E-state index contributed by atoms with van der Waals surface area (Å²) in [6.07, 6.45) is 1.86. The van der Waals surface area contributed by atoms with Crippen molar-refractivity contribution in [2.24, 2.45) is 0 Å². The minimum atomic E-state index is -0.395. The molecule has 1 aliphatic rings. The number of aromatic nitrogens is 1. The van der Waals surface area contributed by atoms with Gasteiger partial charge < -0.3 is 20.0 Å². The Kier molecular flexibility index (Phi) is 6.18. The fourth-order valence-corrected chi connectivity index (χ4v) is 3.64. The van der Waals surface area contributed by atoms with Gasteiger partial charge in [-0.25, -0.2) is 9.37 Å². The number of anilines is 2. The normalized spacial score (nSPS) is 13.7. The second-order valence-corrected chi connectivity index (χ2v) is 7.49. The molecule has 0 atom stereocenters. The van der Waals surface area contributed by atoms with E-state index in [1.807, 2.05) is 4.90 Å². The van der Waals surface area contributed by atoms with Gasteiger partial charge in [-0.3, -0.25) is 9.59 Å². The van der Waals surface area contributed by atoms with Crippen LogP contribution in [0.1, 0.15) is 12.3 Å². The second-order valence-electron chi connectivity index (χ2n) is 7.08. The van der Waals surface area contributed by atoms with Crippen LogP contribution in [0, 0.1) is 5.82 Å². The molecule has 0 aliphatic carbocycles. The Morgan fingerprint density at radius 1 is 1.29 bits per heavy atom. The van der Waals surface area contributed by atoms with Gasteiger partial charge in [0.1, 0.15) is 5.82 Å². The highest BCUT2D eigenvalue weighted by Gasteiger charge is 2.19. The fourth-order valence-electron chi connectivity index (χ4n) is 3.34. The monoisotopic (exact) mass is 442 g/mol. The number of nitrogens with one attached hydrogen (secondary N) is 2. The molecular weight excluding hydrogens is 423 g/mol. The quantitative estimate of drug-likeness (QED) is 0.608. The summed E-state index contributed by atoms with van der Waals surface area (Å²) < 4.78 is 19.4. The SMILES string of the molecule is O=C1CN(c2ccc(NC(=O)CCc3ncc(-c4ccccc4F)o3)cc2Cl)CCN1. The van der Waals surface area contributed by atoms with Gasteiger partial charge in [0, 0.05) is 31.6 Å². The summed E-state index contributed by atoms with van der Waals surface area (Å²) in [6.45, 7) is 1.48. The lowest BCUT2D eigenvalue weighted by Gasteiger charge is -2.29. The molecular formula is C22H20ClFN4O3. The molecule has 1 aromatic heterocycles. The smallest absolute Gasteiger partial charge is 0.239 e. The van der Waals surface area contributed by atoms with Gasteiger partial charge in [-0.2, -0.15) is 0 Å². The van der Waals surface area contributed by atoms with Crippen molar-refractivity contribution in [1.82, 2.24) is 10.3 Å². The summed E-state index contributed by atoms with van der Waals surface area (Å²) in [5, 5.41) is 6.01. The molecule has 7 nitrogen and oxygen atoms in total. The van der Waals surface area contributed by atoms with E-state index in [1.165, 1.54) is 12.3 Å². The van der Waals surface area contributed by atoms with E-state index in [-0.39, 0.29) is 31.2 Å². The summed E-state index contributed by atoms with van der Waals surface area (Å²) in [5.41, 5.74) is 1.63. The average Bonchev–Trinajstić information content (AvgIpc) is 3.21. The van der Waals surface area contributed by atoms with Gasteiger partial charge in [0.25, 0.3) is 0 Å². The number of benzene rings is 2. The summed E-state index contributed by atoms with van der Waals surface area (Å²) in [4.78, 5) is 29.9. The molecule has 0 bridgehead atoms. The molecule has 2 heterocycles. The summed E-state index contributed by atoms with van der Waals surface area (Å²) in [7, 11) is 0. The van der Waals surface area contributed by atoms with Gasteiger partial charge in [0.2, 0.25) is 11.8 Å². The topological polar surface area (TPSA) is 87.5 Å². The van der Waals surface area contributed by atoms with Crippen LogP contribution in [0.5, 0.6) is 0 Å². The molecule has 0 spiro atoms. The highest BCUT2D eigenvalue weighted by molar-refractivity contribution is 6.33. The van der Waals surface area contributed by atoms with Gasteiger partial charge in [0.05, 0.1) is 29.0 Å². The summed E-state index contributed by atoms with van der Waals surface area (Å²) >= 11 is 6.36. The summed E-state index contributed by atoms with van der Waals surface area (Å²) in [6, 6.07) is 11.4. The minimum Gasteiger partial charge on any atom is -0.441 e. The van der Waals surface area contributed by atoms with E-state index in [9.17, 15) is 14.0 Å². The lowest BCUT2D eigenvalue weighted by molar-refractivity contribution is -0.120. The van der Waals surface area contributed by atoms with Gasteiger partial charge in [-0.15, -0.1) is 0 Å². The third kappa shape index (κ3) is 5.03. The van der Waals surface area contributed by atoms with Crippen LogP contribution in [0.15, 0.2) is 53.1 Å².